The molecule has 12 nitrogen and oxygen atoms in total. The zero-order valence-electron chi connectivity index (χ0n) is 26.5. The molecule has 5 N–H and O–H groups in total. The Bertz CT molecular complexity index is 1260. The summed E-state index contributed by atoms with van der Waals surface area (Å²) in [5.74, 6) is -9.24. The van der Waals surface area contributed by atoms with E-state index < -0.39 is 59.2 Å². The Labute approximate surface area is 263 Å². The van der Waals surface area contributed by atoms with Gasteiger partial charge in [-0.2, -0.15) is 0 Å². The topological polar surface area (TPSA) is 197 Å². The number of ether oxygens (including phenoxy) is 3. The Morgan fingerprint density at radius 1 is 1.00 bits per heavy atom. The molecule has 250 valence electrons. The second-order valence-corrected chi connectivity index (χ2v) is 12.8. The van der Waals surface area contributed by atoms with E-state index in [4.69, 9.17) is 14.2 Å². The molecule has 0 aromatic heterocycles. The summed E-state index contributed by atoms with van der Waals surface area (Å²) in [6.45, 7) is 9.84. The summed E-state index contributed by atoms with van der Waals surface area (Å²) in [5.41, 5.74) is -5.30. The summed E-state index contributed by atoms with van der Waals surface area (Å²) < 4.78 is 16.6. The Kier molecular flexibility index (Phi) is 11.6. The molecular weight excluding hydrogens is 588 g/mol. The standard InChI is InChI=1S/C33H46O12/c1-6-19(2)16-20(3)12-13-24(34)43-26-25(35)31(15-14-21(4)17-22(5)18-23-10-8-7-9-11-23)44-27(28(36)37)32(42,29(38)39)33(26,45-31)30(40)41/h7-11,17,19-20,22,25-27,35,42H,6,12-16,18H2,1-5H3,(H,36,37)(H,38,39)(H,40,41)/b21-17+/t19-,20+,22+,25+,26+,27+,31-,32+,33-/m0/s1. The summed E-state index contributed by atoms with van der Waals surface area (Å²) >= 11 is 0. The molecule has 2 aliphatic heterocycles. The molecule has 45 heavy (non-hydrogen) atoms. The van der Waals surface area contributed by atoms with Gasteiger partial charge in [0.2, 0.25) is 23.1 Å². The lowest BCUT2D eigenvalue weighted by Gasteiger charge is -2.48. The molecule has 2 fully saturated rings. The van der Waals surface area contributed by atoms with Gasteiger partial charge in [0.25, 0.3) is 0 Å². The van der Waals surface area contributed by atoms with Crippen molar-refractivity contribution in [1.29, 1.82) is 0 Å². The first kappa shape index (κ1) is 36.2. The van der Waals surface area contributed by atoms with Gasteiger partial charge in [-0.3, -0.25) is 4.79 Å². The largest absolute Gasteiger partial charge is 0.479 e. The van der Waals surface area contributed by atoms with Gasteiger partial charge in [0.15, 0.2) is 6.10 Å². The highest BCUT2D eigenvalue weighted by Gasteiger charge is 2.85. The van der Waals surface area contributed by atoms with E-state index in [1.165, 1.54) is 0 Å². The van der Waals surface area contributed by atoms with Gasteiger partial charge in [-0.1, -0.05) is 76.1 Å². The van der Waals surface area contributed by atoms with Crippen molar-refractivity contribution < 1.29 is 58.9 Å². The van der Waals surface area contributed by atoms with Gasteiger partial charge in [0.1, 0.15) is 6.10 Å². The Balaban J connectivity index is 1.94. The summed E-state index contributed by atoms with van der Waals surface area (Å²) in [7, 11) is 0. The van der Waals surface area contributed by atoms with E-state index in [-0.39, 0.29) is 31.1 Å². The first-order valence-corrected chi connectivity index (χ1v) is 15.4. The molecule has 0 amide bonds. The zero-order valence-corrected chi connectivity index (χ0v) is 26.5. The number of hydrogen-bond acceptors (Lipinski definition) is 9. The molecule has 1 aromatic rings. The number of carbonyl (C=O) groups excluding carboxylic acids is 1. The molecule has 0 radical (unpaired) electrons. The van der Waals surface area contributed by atoms with E-state index in [2.05, 4.69) is 6.92 Å². The molecule has 9 atom stereocenters. The highest BCUT2D eigenvalue weighted by atomic mass is 16.8. The number of allylic oxidation sites excluding steroid dienone is 2. The monoisotopic (exact) mass is 634 g/mol. The predicted molar refractivity (Wildman–Crippen MR) is 160 cm³/mol. The fourth-order valence-electron chi connectivity index (χ4n) is 6.47. The molecule has 0 saturated carbocycles. The van der Waals surface area contributed by atoms with Gasteiger partial charge >= 0.3 is 23.9 Å². The van der Waals surface area contributed by atoms with Gasteiger partial charge in [0, 0.05) is 12.8 Å². The van der Waals surface area contributed by atoms with E-state index in [0.717, 1.165) is 30.4 Å². The third kappa shape index (κ3) is 7.24. The van der Waals surface area contributed by atoms with E-state index in [9.17, 15) is 44.7 Å². The average Bonchev–Trinajstić information content (AvgIpc) is 3.19. The van der Waals surface area contributed by atoms with Crippen LogP contribution in [-0.4, -0.2) is 84.7 Å². The number of carboxylic acid groups (broad SMARTS) is 3. The van der Waals surface area contributed by atoms with Crippen LogP contribution >= 0.6 is 0 Å². The smallest absolute Gasteiger partial charge is 0.344 e. The third-order valence-corrected chi connectivity index (χ3v) is 9.04. The quantitative estimate of drug-likeness (QED) is 0.131. The van der Waals surface area contributed by atoms with Crippen molar-refractivity contribution >= 4 is 23.9 Å². The van der Waals surface area contributed by atoms with Crippen LogP contribution in [0.25, 0.3) is 0 Å². The van der Waals surface area contributed by atoms with Crippen LogP contribution in [0, 0.1) is 17.8 Å². The van der Waals surface area contributed by atoms with Crippen LogP contribution in [0.3, 0.4) is 0 Å². The lowest BCUT2D eigenvalue weighted by Crippen LogP contribution is -2.78. The third-order valence-electron chi connectivity index (χ3n) is 9.04. The minimum absolute atomic E-state index is 0.0741. The minimum Gasteiger partial charge on any atom is -0.479 e. The maximum absolute atomic E-state index is 13.0. The number of hydrogen-bond donors (Lipinski definition) is 5. The SMILES string of the molecule is CC[C@H](C)C[C@H](C)CCC(=O)O[C@@H]1[C@@H](O)[C@@]2(CC/C(C)=C/[C@@H](C)Cc3ccccc3)O[C@H](C(=O)O)[C@@](O)(C(=O)O)[C@]1(C(=O)O)O2. The van der Waals surface area contributed by atoms with Crippen molar-refractivity contribution in [2.24, 2.45) is 17.8 Å². The maximum Gasteiger partial charge on any atom is 0.344 e. The van der Waals surface area contributed by atoms with Crippen molar-refractivity contribution in [2.45, 2.75) is 115 Å². The number of carbonyl (C=O) groups is 4. The number of aliphatic hydroxyl groups is 2. The molecular formula is C33H46O12. The molecule has 12 heteroatoms. The molecule has 0 aliphatic carbocycles. The van der Waals surface area contributed by atoms with E-state index >= 15 is 0 Å². The molecule has 2 aliphatic rings. The van der Waals surface area contributed by atoms with Crippen LogP contribution in [0.1, 0.15) is 78.7 Å². The summed E-state index contributed by atoms with van der Waals surface area (Å²) in [6.07, 6.45) is -2.75. The Morgan fingerprint density at radius 3 is 2.20 bits per heavy atom. The van der Waals surface area contributed by atoms with Crippen LogP contribution in [0.5, 0.6) is 0 Å². The minimum atomic E-state index is -3.78. The lowest BCUT2D eigenvalue weighted by atomic mass is 9.74. The summed E-state index contributed by atoms with van der Waals surface area (Å²) in [4.78, 5) is 50.6. The summed E-state index contributed by atoms with van der Waals surface area (Å²) in [5, 5.41) is 53.2. The second kappa shape index (κ2) is 14.4. The van der Waals surface area contributed by atoms with Gasteiger partial charge in [-0.05, 0) is 55.9 Å². The van der Waals surface area contributed by atoms with Crippen molar-refractivity contribution in [1.82, 2.24) is 0 Å². The van der Waals surface area contributed by atoms with E-state index in [1.54, 1.807) is 6.92 Å². The average molecular weight is 635 g/mol. The molecule has 2 heterocycles. The van der Waals surface area contributed by atoms with Crippen molar-refractivity contribution in [3.63, 3.8) is 0 Å². The molecule has 2 bridgehead atoms. The van der Waals surface area contributed by atoms with Crippen LogP contribution < -0.4 is 0 Å². The van der Waals surface area contributed by atoms with E-state index in [0.29, 0.717) is 12.3 Å². The zero-order chi connectivity index (χ0) is 33.7. The number of esters is 1. The van der Waals surface area contributed by atoms with E-state index in [1.807, 2.05) is 57.2 Å². The molecule has 1 aromatic carbocycles. The Hall–Kier alpha value is -3.32. The molecule has 0 unspecified atom stereocenters. The highest BCUT2D eigenvalue weighted by molar-refractivity contribution is 5.98. The number of carboxylic acids is 3. The number of aliphatic hydroxyl groups excluding tert-OH is 1. The van der Waals surface area contributed by atoms with Crippen LogP contribution in [0.2, 0.25) is 0 Å². The molecule has 0 spiro atoms. The number of benzene rings is 1. The van der Waals surface area contributed by atoms with Gasteiger partial charge in [0.05, 0.1) is 0 Å². The van der Waals surface area contributed by atoms with Crippen molar-refractivity contribution in [3.8, 4) is 0 Å². The van der Waals surface area contributed by atoms with Crippen molar-refractivity contribution in [2.75, 3.05) is 0 Å². The first-order valence-electron chi connectivity index (χ1n) is 15.4. The normalized spacial score (nSPS) is 31.5. The number of fused-ring (bicyclic) bond motifs is 2. The fraction of sp³-hybridized carbons (Fsp3) is 0.636. The van der Waals surface area contributed by atoms with Crippen LogP contribution in [0.15, 0.2) is 42.0 Å². The van der Waals surface area contributed by atoms with Crippen LogP contribution in [0.4, 0.5) is 0 Å². The number of rotatable bonds is 16. The lowest BCUT2D eigenvalue weighted by molar-refractivity contribution is -0.374. The number of aliphatic carboxylic acids is 3. The fourth-order valence-corrected chi connectivity index (χ4v) is 6.47. The summed E-state index contributed by atoms with van der Waals surface area (Å²) in [6, 6.07) is 9.76. The van der Waals surface area contributed by atoms with Crippen LogP contribution in [-0.2, 0) is 39.8 Å². The van der Waals surface area contributed by atoms with Gasteiger partial charge < -0.3 is 39.7 Å². The molecule has 2 saturated heterocycles. The predicted octanol–water partition coefficient (Wildman–Crippen LogP) is 3.57. The Morgan fingerprint density at radius 2 is 1.64 bits per heavy atom. The van der Waals surface area contributed by atoms with Crippen molar-refractivity contribution in [3.05, 3.63) is 47.5 Å². The highest BCUT2D eigenvalue weighted by Crippen LogP contribution is 2.55. The van der Waals surface area contributed by atoms with Gasteiger partial charge in [-0.15, -0.1) is 0 Å². The maximum atomic E-state index is 13.0. The first-order chi connectivity index (χ1) is 21.0. The molecule has 3 rings (SSSR count). The second-order valence-electron chi connectivity index (χ2n) is 12.8. The van der Waals surface area contributed by atoms with Gasteiger partial charge in [-0.25, -0.2) is 14.4 Å².